The summed E-state index contributed by atoms with van der Waals surface area (Å²) in [6.07, 6.45) is 1.92. The van der Waals surface area contributed by atoms with Gasteiger partial charge < -0.3 is 10.2 Å². The Kier molecular flexibility index (Phi) is 2.55. The molecule has 0 bridgehead atoms. The molecule has 1 aromatic carbocycles. The van der Waals surface area contributed by atoms with Crippen molar-refractivity contribution in [3.63, 3.8) is 0 Å². The van der Waals surface area contributed by atoms with Gasteiger partial charge in [0.05, 0.1) is 0 Å². The Morgan fingerprint density at radius 2 is 2.17 bits per heavy atom. The summed E-state index contributed by atoms with van der Waals surface area (Å²) in [5.41, 5.74) is 8.69. The molecule has 0 atom stereocenters. The van der Waals surface area contributed by atoms with Crippen LogP contribution in [0, 0.1) is 0 Å². The van der Waals surface area contributed by atoms with E-state index < -0.39 is 0 Å². The minimum absolute atomic E-state index is 0.562. The second-order valence-electron chi connectivity index (χ2n) is 4.36. The Morgan fingerprint density at radius 3 is 2.94 bits per heavy atom. The number of aromatic amines is 1. The fraction of sp³-hybridized carbons (Fsp3) is 0.214. The number of benzene rings is 1. The lowest BCUT2D eigenvalue weighted by molar-refractivity contribution is 0.627. The fourth-order valence-electron chi connectivity index (χ4n) is 2.19. The first-order valence-corrected chi connectivity index (χ1v) is 6.11. The van der Waals surface area contributed by atoms with Crippen LogP contribution in [0.2, 0.25) is 0 Å². The highest BCUT2D eigenvalue weighted by atomic mass is 16.3. The van der Waals surface area contributed by atoms with Gasteiger partial charge in [0.15, 0.2) is 5.76 Å². The fourth-order valence-corrected chi connectivity index (χ4v) is 2.19. The van der Waals surface area contributed by atoms with Gasteiger partial charge >= 0.3 is 0 Å². The molecule has 0 aliphatic rings. The standard InChI is InChI=1S/C14H15N3O/c1-2-5-10-13(16-17-14(10)15)12-8-9-6-3-4-7-11(9)18-12/h3-4,6-8H,2,5H2,1H3,(H3,15,16,17). The molecule has 0 fully saturated rings. The molecule has 0 aliphatic carbocycles. The number of aromatic nitrogens is 2. The van der Waals surface area contributed by atoms with Crippen molar-refractivity contribution in [2.75, 3.05) is 5.73 Å². The average Bonchev–Trinajstić information content (AvgIpc) is 2.94. The Balaban J connectivity index is 2.14. The Labute approximate surface area is 105 Å². The molecule has 18 heavy (non-hydrogen) atoms. The third-order valence-corrected chi connectivity index (χ3v) is 3.07. The first-order chi connectivity index (χ1) is 8.79. The molecule has 0 aliphatic heterocycles. The SMILES string of the molecule is CCCc1c(N)n[nH]c1-c1cc2ccccc2o1. The summed E-state index contributed by atoms with van der Waals surface area (Å²) in [6.45, 7) is 2.12. The Bertz CT molecular complexity index is 648. The van der Waals surface area contributed by atoms with Crippen LogP contribution in [0.25, 0.3) is 22.4 Å². The van der Waals surface area contributed by atoms with Gasteiger partial charge in [0.2, 0.25) is 0 Å². The minimum Gasteiger partial charge on any atom is -0.454 e. The van der Waals surface area contributed by atoms with Crippen molar-refractivity contribution in [3.05, 3.63) is 35.9 Å². The molecular weight excluding hydrogens is 226 g/mol. The third kappa shape index (κ3) is 1.66. The molecule has 4 nitrogen and oxygen atoms in total. The maximum absolute atomic E-state index is 5.87. The maximum atomic E-state index is 5.87. The van der Waals surface area contributed by atoms with Gasteiger partial charge in [-0.1, -0.05) is 31.5 Å². The van der Waals surface area contributed by atoms with Crippen LogP contribution in [0.5, 0.6) is 0 Å². The van der Waals surface area contributed by atoms with Crippen LogP contribution in [0.4, 0.5) is 5.82 Å². The molecule has 2 heterocycles. The van der Waals surface area contributed by atoms with Gasteiger partial charge in [0.1, 0.15) is 17.1 Å². The Morgan fingerprint density at radius 1 is 1.33 bits per heavy atom. The van der Waals surface area contributed by atoms with Crippen molar-refractivity contribution in [2.45, 2.75) is 19.8 Å². The number of nitrogen functional groups attached to an aromatic ring is 1. The largest absolute Gasteiger partial charge is 0.454 e. The summed E-state index contributed by atoms with van der Waals surface area (Å²) in [5.74, 6) is 1.36. The van der Waals surface area contributed by atoms with Crippen LogP contribution in [0.15, 0.2) is 34.7 Å². The van der Waals surface area contributed by atoms with Crippen LogP contribution in [0.1, 0.15) is 18.9 Å². The lowest BCUT2D eigenvalue weighted by Gasteiger charge is -1.98. The van der Waals surface area contributed by atoms with E-state index in [2.05, 4.69) is 17.1 Å². The van der Waals surface area contributed by atoms with E-state index in [1.807, 2.05) is 30.3 Å². The number of rotatable bonds is 3. The van der Waals surface area contributed by atoms with Gasteiger partial charge in [-0.25, -0.2) is 0 Å². The molecule has 3 rings (SSSR count). The summed E-state index contributed by atoms with van der Waals surface area (Å²) in [5, 5.41) is 8.13. The van der Waals surface area contributed by atoms with Gasteiger partial charge in [-0.05, 0) is 18.6 Å². The van der Waals surface area contributed by atoms with E-state index in [0.29, 0.717) is 5.82 Å². The summed E-state index contributed by atoms with van der Waals surface area (Å²) in [7, 11) is 0. The lowest BCUT2D eigenvalue weighted by atomic mass is 10.1. The molecule has 0 saturated carbocycles. The number of hydrogen-bond donors (Lipinski definition) is 2. The van der Waals surface area contributed by atoms with E-state index in [9.17, 15) is 0 Å². The molecule has 0 radical (unpaired) electrons. The van der Waals surface area contributed by atoms with E-state index in [0.717, 1.165) is 40.8 Å². The molecular formula is C14H15N3O. The molecule has 3 aromatic rings. The minimum atomic E-state index is 0.562. The molecule has 92 valence electrons. The van der Waals surface area contributed by atoms with Gasteiger partial charge in [-0.2, -0.15) is 5.10 Å². The number of fused-ring (bicyclic) bond motifs is 1. The quantitative estimate of drug-likeness (QED) is 0.738. The first kappa shape index (κ1) is 10.9. The zero-order valence-electron chi connectivity index (χ0n) is 10.2. The highest BCUT2D eigenvalue weighted by molar-refractivity contribution is 5.83. The molecule has 2 aromatic heterocycles. The number of furan rings is 1. The lowest BCUT2D eigenvalue weighted by Crippen LogP contribution is -1.92. The van der Waals surface area contributed by atoms with E-state index >= 15 is 0 Å². The van der Waals surface area contributed by atoms with E-state index in [1.54, 1.807) is 0 Å². The zero-order chi connectivity index (χ0) is 12.5. The normalized spacial score (nSPS) is 11.2. The van der Waals surface area contributed by atoms with Crippen molar-refractivity contribution in [1.29, 1.82) is 0 Å². The van der Waals surface area contributed by atoms with Gasteiger partial charge in [-0.15, -0.1) is 0 Å². The van der Waals surface area contributed by atoms with Crippen LogP contribution in [-0.4, -0.2) is 10.2 Å². The van der Waals surface area contributed by atoms with Crippen molar-refractivity contribution in [1.82, 2.24) is 10.2 Å². The summed E-state index contributed by atoms with van der Waals surface area (Å²) in [4.78, 5) is 0. The van der Waals surface area contributed by atoms with E-state index in [1.165, 1.54) is 0 Å². The highest BCUT2D eigenvalue weighted by Crippen LogP contribution is 2.31. The van der Waals surface area contributed by atoms with E-state index in [-0.39, 0.29) is 0 Å². The van der Waals surface area contributed by atoms with Crippen molar-refractivity contribution >= 4 is 16.8 Å². The molecule has 0 saturated heterocycles. The predicted molar refractivity (Wildman–Crippen MR) is 72.2 cm³/mol. The smallest absolute Gasteiger partial charge is 0.153 e. The second-order valence-corrected chi connectivity index (χ2v) is 4.36. The summed E-state index contributed by atoms with van der Waals surface area (Å²) in [6, 6.07) is 9.96. The monoisotopic (exact) mass is 241 g/mol. The number of para-hydroxylation sites is 1. The number of nitrogens with zero attached hydrogens (tertiary/aromatic N) is 1. The third-order valence-electron chi connectivity index (χ3n) is 3.07. The molecule has 3 N–H and O–H groups in total. The molecule has 0 unspecified atom stereocenters. The molecule has 4 heteroatoms. The van der Waals surface area contributed by atoms with Crippen LogP contribution < -0.4 is 5.73 Å². The van der Waals surface area contributed by atoms with Crippen LogP contribution >= 0.6 is 0 Å². The van der Waals surface area contributed by atoms with Crippen molar-refractivity contribution in [2.24, 2.45) is 0 Å². The highest BCUT2D eigenvalue weighted by Gasteiger charge is 2.15. The number of nitrogens with one attached hydrogen (secondary N) is 1. The number of nitrogens with two attached hydrogens (primary N) is 1. The average molecular weight is 241 g/mol. The van der Waals surface area contributed by atoms with Crippen LogP contribution in [0.3, 0.4) is 0 Å². The first-order valence-electron chi connectivity index (χ1n) is 6.11. The topological polar surface area (TPSA) is 67.8 Å². The second kappa shape index (κ2) is 4.22. The summed E-state index contributed by atoms with van der Waals surface area (Å²) >= 11 is 0. The van der Waals surface area contributed by atoms with Crippen LogP contribution in [-0.2, 0) is 6.42 Å². The van der Waals surface area contributed by atoms with Crippen molar-refractivity contribution in [3.8, 4) is 11.5 Å². The predicted octanol–water partition coefficient (Wildman–Crippen LogP) is 3.36. The number of anilines is 1. The number of H-pyrrole nitrogens is 1. The van der Waals surface area contributed by atoms with Gasteiger partial charge in [0, 0.05) is 10.9 Å². The molecule has 0 amide bonds. The van der Waals surface area contributed by atoms with Crippen molar-refractivity contribution < 1.29 is 4.42 Å². The maximum Gasteiger partial charge on any atom is 0.153 e. The van der Waals surface area contributed by atoms with Gasteiger partial charge in [0.25, 0.3) is 0 Å². The summed E-state index contributed by atoms with van der Waals surface area (Å²) < 4.78 is 5.83. The van der Waals surface area contributed by atoms with Gasteiger partial charge in [-0.3, -0.25) is 5.10 Å². The molecule has 0 spiro atoms. The zero-order valence-corrected chi connectivity index (χ0v) is 10.2. The Hall–Kier alpha value is -2.23. The van der Waals surface area contributed by atoms with E-state index in [4.69, 9.17) is 10.2 Å². The number of hydrogen-bond acceptors (Lipinski definition) is 3.